The topological polar surface area (TPSA) is 68.0 Å². The van der Waals surface area contributed by atoms with Gasteiger partial charge in [-0.2, -0.15) is 0 Å². The van der Waals surface area contributed by atoms with Crippen molar-refractivity contribution in [3.05, 3.63) is 199 Å². The predicted molar refractivity (Wildman–Crippen MR) is 233 cm³/mol. The molecule has 57 heavy (non-hydrogen) atoms. The molecule has 0 fully saturated rings. The van der Waals surface area contributed by atoms with Crippen LogP contribution >= 0.6 is 0 Å². The molecule has 1 aliphatic heterocycles. The number of benzene rings is 8. The molecule has 0 amide bonds. The fourth-order valence-electron chi connectivity index (χ4n) is 8.57. The molecule has 1 aliphatic rings. The zero-order valence-electron chi connectivity index (χ0n) is 30.6. The maximum Gasteiger partial charge on any atom is 0.159 e. The van der Waals surface area contributed by atoms with Crippen molar-refractivity contribution in [3.8, 4) is 16.8 Å². The summed E-state index contributed by atoms with van der Waals surface area (Å²) in [6.07, 6.45) is -0.399. The fourth-order valence-corrected chi connectivity index (χ4v) is 8.57. The highest BCUT2D eigenvalue weighted by molar-refractivity contribution is 6.14. The highest BCUT2D eigenvalue weighted by Gasteiger charge is 2.25. The van der Waals surface area contributed by atoms with Crippen LogP contribution in [0.3, 0.4) is 0 Å². The van der Waals surface area contributed by atoms with Crippen molar-refractivity contribution >= 4 is 77.4 Å². The second-order valence-electron chi connectivity index (χ2n) is 14.6. The van der Waals surface area contributed by atoms with Gasteiger partial charge in [0.05, 0.1) is 11.0 Å². The number of para-hydroxylation sites is 3. The fraction of sp³-hybridized carbons (Fsp3) is 0.0196. The van der Waals surface area contributed by atoms with Crippen molar-refractivity contribution in [2.75, 3.05) is 0 Å². The third-order valence-corrected chi connectivity index (χ3v) is 11.3. The molecule has 0 aliphatic carbocycles. The van der Waals surface area contributed by atoms with Gasteiger partial charge in [0.1, 0.15) is 28.2 Å². The minimum atomic E-state index is -0.399. The maximum absolute atomic E-state index is 6.76. The van der Waals surface area contributed by atoms with Gasteiger partial charge in [-0.1, -0.05) is 127 Å². The Morgan fingerprint density at radius 3 is 1.86 bits per heavy atom. The van der Waals surface area contributed by atoms with Gasteiger partial charge in [-0.15, -0.1) is 0 Å². The van der Waals surface area contributed by atoms with E-state index in [-0.39, 0.29) is 0 Å². The van der Waals surface area contributed by atoms with Gasteiger partial charge in [0.25, 0.3) is 0 Å². The molecule has 1 atom stereocenters. The Morgan fingerprint density at radius 2 is 1.07 bits per heavy atom. The molecule has 0 radical (unpaired) electrons. The molecule has 8 aromatic carbocycles. The standard InChI is InChI=1S/C51H32N4O2/c1-3-12-31(13-4-1)49-52-50(32-14-5-2-6-15-32)54-51(53-49)41-19-11-18-40-38-25-22-34(29-46(38)57-48(40)41)33-23-27-45-42(28-33)39-26-24-35(30-47(39)56-45)55-43-20-9-7-16-36(43)37-17-8-10-21-44(37)55/h1-30,51H,(H,52,53,54). The Hall–Kier alpha value is -7.70. The minimum Gasteiger partial charge on any atom is -0.456 e. The number of rotatable bonds is 5. The first-order valence-electron chi connectivity index (χ1n) is 19.2. The van der Waals surface area contributed by atoms with Crippen molar-refractivity contribution in [3.63, 3.8) is 0 Å². The van der Waals surface area contributed by atoms with Crippen LogP contribution in [0.25, 0.3) is 82.5 Å². The number of amidine groups is 2. The molecule has 268 valence electrons. The molecule has 1 N–H and O–H groups in total. The Balaban J connectivity index is 0.931. The number of furan rings is 2. The molecule has 4 heterocycles. The lowest BCUT2D eigenvalue weighted by Crippen LogP contribution is -2.33. The third kappa shape index (κ3) is 5.04. The Morgan fingerprint density at radius 1 is 0.439 bits per heavy atom. The van der Waals surface area contributed by atoms with E-state index in [1.165, 1.54) is 21.8 Å². The van der Waals surface area contributed by atoms with E-state index in [4.69, 9.17) is 18.8 Å². The van der Waals surface area contributed by atoms with Gasteiger partial charge >= 0.3 is 0 Å². The second-order valence-corrected chi connectivity index (χ2v) is 14.6. The van der Waals surface area contributed by atoms with Crippen LogP contribution in [0, 0.1) is 0 Å². The van der Waals surface area contributed by atoms with Crippen molar-refractivity contribution in [1.82, 2.24) is 9.88 Å². The number of aliphatic imine (C=N–C) groups is 2. The highest BCUT2D eigenvalue weighted by Crippen LogP contribution is 2.39. The van der Waals surface area contributed by atoms with Crippen LogP contribution in [0.4, 0.5) is 0 Å². The van der Waals surface area contributed by atoms with Crippen molar-refractivity contribution in [2.45, 2.75) is 6.17 Å². The van der Waals surface area contributed by atoms with Crippen LogP contribution in [0.2, 0.25) is 0 Å². The van der Waals surface area contributed by atoms with Gasteiger partial charge in [0.2, 0.25) is 0 Å². The first-order valence-corrected chi connectivity index (χ1v) is 19.2. The zero-order valence-corrected chi connectivity index (χ0v) is 30.6. The van der Waals surface area contributed by atoms with Crippen LogP contribution in [0.15, 0.2) is 201 Å². The van der Waals surface area contributed by atoms with Crippen molar-refractivity contribution < 1.29 is 8.83 Å². The van der Waals surface area contributed by atoms with Crippen LogP contribution in [0.1, 0.15) is 22.9 Å². The number of hydrogen-bond donors (Lipinski definition) is 1. The molecule has 3 aromatic heterocycles. The Labute approximate surface area is 326 Å². The zero-order chi connectivity index (χ0) is 37.5. The lowest BCUT2D eigenvalue weighted by molar-refractivity contribution is 0.628. The quantitative estimate of drug-likeness (QED) is 0.192. The average molecular weight is 733 g/mol. The number of fused-ring (bicyclic) bond motifs is 9. The molecular formula is C51H32N4O2. The van der Waals surface area contributed by atoms with E-state index >= 15 is 0 Å². The molecule has 6 heteroatoms. The van der Waals surface area contributed by atoms with E-state index in [1.54, 1.807) is 0 Å². The summed E-state index contributed by atoms with van der Waals surface area (Å²) in [5.74, 6) is 1.45. The molecule has 12 rings (SSSR count). The second kappa shape index (κ2) is 12.4. The van der Waals surface area contributed by atoms with E-state index in [1.807, 2.05) is 48.5 Å². The first kappa shape index (κ1) is 31.6. The van der Waals surface area contributed by atoms with Gasteiger partial charge < -0.3 is 18.7 Å². The van der Waals surface area contributed by atoms with Crippen LogP contribution in [-0.4, -0.2) is 16.2 Å². The van der Waals surface area contributed by atoms with Gasteiger partial charge in [0, 0.05) is 60.8 Å². The highest BCUT2D eigenvalue weighted by atomic mass is 16.3. The number of aromatic nitrogens is 1. The summed E-state index contributed by atoms with van der Waals surface area (Å²) in [4.78, 5) is 10.1. The van der Waals surface area contributed by atoms with Gasteiger partial charge in [0.15, 0.2) is 12.0 Å². The van der Waals surface area contributed by atoms with E-state index in [9.17, 15) is 0 Å². The minimum absolute atomic E-state index is 0.399. The summed E-state index contributed by atoms with van der Waals surface area (Å²) in [5, 5.41) is 10.4. The lowest BCUT2D eigenvalue weighted by Gasteiger charge is -2.23. The molecule has 0 saturated heterocycles. The summed E-state index contributed by atoms with van der Waals surface area (Å²) in [5.41, 5.74) is 11.8. The van der Waals surface area contributed by atoms with Gasteiger partial charge in [-0.05, 0) is 59.7 Å². The van der Waals surface area contributed by atoms with Crippen molar-refractivity contribution in [1.29, 1.82) is 0 Å². The summed E-state index contributed by atoms with van der Waals surface area (Å²) in [6, 6.07) is 63.2. The van der Waals surface area contributed by atoms with Crippen molar-refractivity contribution in [2.24, 2.45) is 9.98 Å². The predicted octanol–water partition coefficient (Wildman–Crippen LogP) is 12.7. The smallest absolute Gasteiger partial charge is 0.159 e. The molecule has 1 unspecified atom stereocenters. The third-order valence-electron chi connectivity index (χ3n) is 11.3. The van der Waals surface area contributed by atoms with Crippen LogP contribution in [-0.2, 0) is 0 Å². The Kier molecular flexibility index (Phi) is 6.89. The first-order chi connectivity index (χ1) is 28.2. The van der Waals surface area contributed by atoms with Crippen LogP contribution in [0.5, 0.6) is 0 Å². The normalized spacial score (nSPS) is 14.5. The number of nitrogens with zero attached hydrogens (tertiary/aromatic N) is 3. The summed E-state index contributed by atoms with van der Waals surface area (Å²) in [7, 11) is 0. The molecule has 0 spiro atoms. The monoisotopic (exact) mass is 732 g/mol. The molecule has 0 bridgehead atoms. The summed E-state index contributed by atoms with van der Waals surface area (Å²) < 4.78 is 15.6. The van der Waals surface area contributed by atoms with Gasteiger partial charge in [-0.25, -0.2) is 9.98 Å². The van der Waals surface area contributed by atoms with E-state index < -0.39 is 6.17 Å². The molecule has 0 saturated carbocycles. The number of hydrogen-bond acceptors (Lipinski definition) is 5. The summed E-state index contributed by atoms with van der Waals surface area (Å²) in [6.45, 7) is 0. The van der Waals surface area contributed by atoms with Gasteiger partial charge in [-0.3, -0.25) is 0 Å². The number of nitrogens with one attached hydrogen (secondary N) is 1. The SMILES string of the molecule is c1ccc(C2=NC(c3cccc4c3oc3cc(-c5ccc6oc7cc(-n8c9ccccc9c9ccccc98)ccc7c6c5)ccc34)NC(c3ccccc3)=N2)cc1. The Bertz CT molecular complexity index is 3390. The van der Waals surface area contributed by atoms with E-state index in [0.717, 1.165) is 83.2 Å². The summed E-state index contributed by atoms with van der Waals surface area (Å²) >= 11 is 0. The largest absolute Gasteiger partial charge is 0.456 e. The van der Waals surface area contributed by atoms with Crippen LogP contribution < -0.4 is 5.32 Å². The van der Waals surface area contributed by atoms with E-state index in [0.29, 0.717) is 5.84 Å². The molecule has 11 aromatic rings. The molecule has 6 nitrogen and oxygen atoms in total. The maximum atomic E-state index is 6.76. The molecular weight excluding hydrogens is 701 g/mol. The lowest BCUT2D eigenvalue weighted by atomic mass is 10.0. The van der Waals surface area contributed by atoms with E-state index in [2.05, 4.69) is 143 Å². The average Bonchev–Trinajstić information content (AvgIpc) is 3.95.